The minimum atomic E-state index is -1.14. The molecule has 2 nitrogen and oxygen atoms in total. The molecule has 104 valence electrons. The van der Waals surface area contributed by atoms with Crippen molar-refractivity contribution in [1.82, 2.24) is 0 Å². The van der Waals surface area contributed by atoms with E-state index in [0.29, 0.717) is 5.75 Å². The third-order valence-electron chi connectivity index (χ3n) is 3.32. The summed E-state index contributed by atoms with van der Waals surface area (Å²) in [4.78, 5) is 12.4. The average molecular weight is 276 g/mol. The zero-order valence-corrected chi connectivity index (χ0v) is 11.5. The summed E-state index contributed by atoms with van der Waals surface area (Å²) in [7, 11) is 1.44. The number of carbonyl (C=O) groups is 1. The molecular weight excluding hydrogens is 262 g/mol. The molecule has 0 aliphatic heterocycles. The summed E-state index contributed by atoms with van der Waals surface area (Å²) < 4.78 is 32.2. The summed E-state index contributed by atoms with van der Waals surface area (Å²) in [6.07, 6.45) is 0. The summed E-state index contributed by atoms with van der Waals surface area (Å²) in [5.74, 6) is -2.39. The quantitative estimate of drug-likeness (QED) is 0.797. The lowest BCUT2D eigenvalue weighted by atomic mass is 9.97. The van der Waals surface area contributed by atoms with Gasteiger partial charge in [-0.3, -0.25) is 4.79 Å². The average Bonchev–Trinajstić information content (AvgIpc) is 2.44. The Hall–Kier alpha value is -2.23. The van der Waals surface area contributed by atoms with Gasteiger partial charge in [-0.1, -0.05) is 12.1 Å². The predicted molar refractivity (Wildman–Crippen MR) is 72.3 cm³/mol. The second-order valence-corrected chi connectivity index (χ2v) is 4.52. The van der Waals surface area contributed by atoms with Gasteiger partial charge >= 0.3 is 0 Å². The topological polar surface area (TPSA) is 26.3 Å². The van der Waals surface area contributed by atoms with Gasteiger partial charge in [-0.25, -0.2) is 8.78 Å². The Bertz CT molecular complexity index is 678. The molecule has 0 N–H and O–H groups in total. The fraction of sp³-hybridized carbons (Fsp3) is 0.188. The second-order valence-electron chi connectivity index (χ2n) is 4.52. The van der Waals surface area contributed by atoms with E-state index in [1.807, 2.05) is 13.8 Å². The van der Waals surface area contributed by atoms with Crippen molar-refractivity contribution in [2.45, 2.75) is 13.8 Å². The van der Waals surface area contributed by atoms with E-state index in [1.165, 1.54) is 19.2 Å². The van der Waals surface area contributed by atoms with E-state index in [1.54, 1.807) is 12.1 Å². The van der Waals surface area contributed by atoms with E-state index in [4.69, 9.17) is 4.74 Å². The molecule has 0 saturated carbocycles. The summed E-state index contributed by atoms with van der Waals surface area (Å²) >= 11 is 0. The molecule has 0 saturated heterocycles. The van der Waals surface area contributed by atoms with Gasteiger partial charge in [0.1, 0.15) is 5.75 Å². The molecule has 0 atom stereocenters. The van der Waals surface area contributed by atoms with Crippen LogP contribution in [0, 0.1) is 25.5 Å². The number of hydrogen-bond acceptors (Lipinski definition) is 2. The molecule has 0 spiro atoms. The first kappa shape index (κ1) is 14.2. The molecule has 0 aromatic heterocycles. The number of methoxy groups -OCH3 is 1. The van der Waals surface area contributed by atoms with Crippen LogP contribution in [0.2, 0.25) is 0 Å². The molecular formula is C16H14F2O2. The lowest BCUT2D eigenvalue weighted by Gasteiger charge is -2.13. The van der Waals surface area contributed by atoms with Crippen molar-refractivity contribution in [3.8, 4) is 5.75 Å². The Kier molecular flexibility index (Phi) is 3.84. The molecule has 4 heteroatoms. The van der Waals surface area contributed by atoms with Crippen molar-refractivity contribution in [1.29, 1.82) is 0 Å². The Morgan fingerprint density at radius 3 is 2.40 bits per heavy atom. The number of aryl methyl sites for hydroxylation is 1. The number of rotatable bonds is 3. The monoisotopic (exact) mass is 276 g/mol. The molecule has 20 heavy (non-hydrogen) atoms. The van der Waals surface area contributed by atoms with Gasteiger partial charge in [0.2, 0.25) is 0 Å². The fourth-order valence-corrected chi connectivity index (χ4v) is 2.06. The molecule has 0 heterocycles. The second kappa shape index (κ2) is 5.41. The number of halogens is 2. The van der Waals surface area contributed by atoms with Gasteiger partial charge in [-0.05, 0) is 43.2 Å². The number of hydrogen-bond donors (Lipinski definition) is 0. The Balaban J connectivity index is 2.60. The van der Waals surface area contributed by atoms with E-state index in [2.05, 4.69) is 0 Å². The van der Waals surface area contributed by atoms with Crippen molar-refractivity contribution < 1.29 is 18.3 Å². The molecule has 0 amide bonds. The van der Waals surface area contributed by atoms with Crippen LogP contribution in [0.15, 0.2) is 30.3 Å². The summed E-state index contributed by atoms with van der Waals surface area (Å²) in [6.45, 7) is 3.70. The minimum absolute atomic E-state index is 0.222. The highest BCUT2D eigenvalue weighted by Gasteiger charge is 2.21. The van der Waals surface area contributed by atoms with Crippen molar-refractivity contribution >= 4 is 5.78 Å². The highest BCUT2D eigenvalue weighted by Crippen LogP contribution is 2.29. The lowest BCUT2D eigenvalue weighted by molar-refractivity contribution is 0.103. The summed E-state index contributed by atoms with van der Waals surface area (Å²) in [5, 5.41) is 0. The largest absolute Gasteiger partial charge is 0.496 e. The van der Waals surface area contributed by atoms with Gasteiger partial charge in [-0.2, -0.15) is 0 Å². The predicted octanol–water partition coefficient (Wildman–Crippen LogP) is 3.82. The molecule has 2 rings (SSSR count). The zero-order valence-electron chi connectivity index (χ0n) is 11.5. The van der Waals surface area contributed by atoms with Crippen LogP contribution >= 0.6 is 0 Å². The molecule has 2 aromatic rings. The highest BCUT2D eigenvalue weighted by molar-refractivity contribution is 6.11. The van der Waals surface area contributed by atoms with E-state index in [-0.39, 0.29) is 11.1 Å². The van der Waals surface area contributed by atoms with Gasteiger partial charge in [-0.15, -0.1) is 0 Å². The number of ether oxygens (including phenoxy) is 1. The maximum atomic E-state index is 13.7. The van der Waals surface area contributed by atoms with Crippen LogP contribution in [0.4, 0.5) is 8.78 Å². The molecule has 0 aliphatic carbocycles. The van der Waals surface area contributed by atoms with Crippen LogP contribution in [0.5, 0.6) is 5.75 Å². The van der Waals surface area contributed by atoms with E-state index in [0.717, 1.165) is 17.2 Å². The number of benzene rings is 2. The third kappa shape index (κ3) is 2.29. The van der Waals surface area contributed by atoms with Crippen LogP contribution in [-0.2, 0) is 0 Å². The summed E-state index contributed by atoms with van der Waals surface area (Å²) in [5.41, 5.74) is 1.68. The van der Waals surface area contributed by atoms with Crippen molar-refractivity contribution in [3.05, 3.63) is 64.2 Å². The first-order valence-electron chi connectivity index (χ1n) is 6.10. The number of carbonyl (C=O) groups excluding carboxylic acids is 1. The fourth-order valence-electron chi connectivity index (χ4n) is 2.06. The van der Waals surface area contributed by atoms with Gasteiger partial charge in [0.05, 0.1) is 18.2 Å². The smallest absolute Gasteiger partial charge is 0.199 e. The van der Waals surface area contributed by atoms with Crippen molar-refractivity contribution in [2.24, 2.45) is 0 Å². The van der Waals surface area contributed by atoms with Gasteiger partial charge < -0.3 is 4.74 Å². The van der Waals surface area contributed by atoms with Gasteiger partial charge in [0.15, 0.2) is 17.4 Å². The molecule has 0 fully saturated rings. The first-order valence-corrected chi connectivity index (χ1v) is 6.10. The normalized spacial score (nSPS) is 10.4. The Morgan fingerprint density at radius 2 is 1.75 bits per heavy atom. The van der Waals surface area contributed by atoms with Crippen LogP contribution in [0.3, 0.4) is 0 Å². The van der Waals surface area contributed by atoms with E-state index in [9.17, 15) is 13.6 Å². The first-order chi connectivity index (χ1) is 9.47. The molecule has 0 aliphatic rings. The lowest BCUT2D eigenvalue weighted by Crippen LogP contribution is -2.09. The Labute approximate surface area is 116 Å². The maximum absolute atomic E-state index is 13.7. The van der Waals surface area contributed by atoms with Gasteiger partial charge in [0.25, 0.3) is 0 Å². The molecule has 0 radical (unpaired) electrons. The van der Waals surface area contributed by atoms with E-state index >= 15 is 0 Å². The zero-order chi connectivity index (χ0) is 14.9. The summed E-state index contributed by atoms with van der Waals surface area (Å²) in [6, 6.07) is 6.86. The van der Waals surface area contributed by atoms with Crippen molar-refractivity contribution in [3.63, 3.8) is 0 Å². The molecule has 2 aromatic carbocycles. The molecule has 0 bridgehead atoms. The van der Waals surface area contributed by atoms with Crippen LogP contribution in [-0.4, -0.2) is 12.9 Å². The maximum Gasteiger partial charge on any atom is 0.199 e. The van der Waals surface area contributed by atoms with Gasteiger partial charge in [0, 0.05) is 0 Å². The highest BCUT2D eigenvalue weighted by atomic mass is 19.2. The molecule has 0 unspecified atom stereocenters. The van der Waals surface area contributed by atoms with Crippen molar-refractivity contribution in [2.75, 3.05) is 7.11 Å². The SMILES string of the molecule is COc1c(C(=O)c2cccc(F)c2F)ccc(C)c1C. The minimum Gasteiger partial charge on any atom is -0.496 e. The van der Waals surface area contributed by atoms with Crippen LogP contribution in [0.1, 0.15) is 27.0 Å². The van der Waals surface area contributed by atoms with Crippen LogP contribution < -0.4 is 4.74 Å². The standard InChI is InChI=1S/C16H14F2O2/c1-9-7-8-12(16(20-3)10(9)2)15(19)11-5-4-6-13(17)14(11)18/h4-8H,1-3H3. The third-order valence-corrected chi connectivity index (χ3v) is 3.32. The van der Waals surface area contributed by atoms with E-state index < -0.39 is 17.4 Å². The Morgan fingerprint density at radius 1 is 1.05 bits per heavy atom. The van der Waals surface area contributed by atoms with Crippen LogP contribution in [0.25, 0.3) is 0 Å². The number of ketones is 1.